The molecule has 0 radical (unpaired) electrons. The highest BCUT2D eigenvalue weighted by Gasteiger charge is 2.23. The van der Waals surface area contributed by atoms with Gasteiger partial charge in [-0.1, -0.05) is 54.1 Å². The van der Waals surface area contributed by atoms with Gasteiger partial charge >= 0.3 is 0 Å². The van der Waals surface area contributed by atoms with Crippen molar-refractivity contribution in [2.45, 2.75) is 0 Å². The Labute approximate surface area is 125 Å². The molecule has 1 unspecified atom stereocenters. The molecule has 0 spiro atoms. The molecular formula is C16H13ClO2S. The van der Waals surface area contributed by atoms with E-state index in [2.05, 4.69) is 0 Å². The van der Waals surface area contributed by atoms with Crippen molar-refractivity contribution in [1.82, 2.24) is 0 Å². The Kier molecular flexibility index (Phi) is 3.90. The Bertz CT molecular complexity index is 680. The van der Waals surface area contributed by atoms with E-state index in [0.717, 1.165) is 16.0 Å². The van der Waals surface area contributed by atoms with E-state index in [0.29, 0.717) is 23.1 Å². The quantitative estimate of drug-likeness (QED) is 0.840. The molecule has 1 aliphatic heterocycles. The van der Waals surface area contributed by atoms with Gasteiger partial charge in [-0.05, 0) is 17.7 Å². The predicted octanol–water partition coefficient (Wildman–Crippen LogP) is 3.94. The summed E-state index contributed by atoms with van der Waals surface area (Å²) in [6.45, 7) is 0.473. The van der Waals surface area contributed by atoms with E-state index in [9.17, 15) is 4.21 Å². The summed E-state index contributed by atoms with van der Waals surface area (Å²) in [4.78, 5) is 0.727. The Hall–Kier alpha value is -1.58. The third kappa shape index (κ3) is 2.65. The van der Waals surface area contributed by atoms with E-state index < -0.39 is 10.8 Å². The third-order valence-corrected chi connectivity index (χ3v) is 4.72. The van der Waals surface area contributed by atoms with Gasteiger partial charge in [-0.3, -0.25) is 4.21 Å². The Morgan fingerprint density at radius 3 is 2.50 bits per heavy atom. The van der Waals surface area contributed by atoms with E-state index in [1.165, 1.54) is 0 Å². The van der Waals surface area contributed by atoms with Gasteiger partial charge in [0, 0.05) is 10.6 Å². The van der Waals surface area contributed by atoms with E-state index >= 15 is 0 Å². The summed E-state index contributed by atoms with van der Waals surface area (Å²) in [5, 5.41) is 0.630. The van der Waals surface area contributed by atoms with Gasteiger partial charge in [-0.25, -0.2) is 0 Å². The third-order valence-electron chi connectivity index (χ3n) is 3.07. The van der Waals surface area contributed by atoms with Crippen LogP contribution in [0.4, 0.5) is 0 Å². The van der Waals surface area contributed by atoms with E-state index in [1.54, 1.807) is 6.07 Å². The van der Waals surface area contributed by atoms with Crippen molar-refractivity contribution in [3.05, 3.63) is 70.7 Å². The number of halogens is 1. The first-order chi connectivity index (χ1) is 9.75. The minimum atomic E-state index is -1.07. The van der Waals surface area contributed by atoms with E-state index in [-0.39, 0.29) is 0 Å². The van der Waals surface area contributed by atoms with Gasteiger partial charge in [0.05, 0.1) is 21.5 Å². The van der Waals surface area contributed by atoms with Crippen molar-refractivity contribution in [3.63, 3.8) is 0 Å². The summed E-state index contributed by atoms with van der Waals surface area (Å²) in [5.74, 6) is 1.20. The molecule has 0 saturated heterocycles. The second kappa shape index (κ2) is 5.81. The highest BCUT2D eigenvalue weighted by atomic mass is 35.5. The maximum atomic E-state index is 12.4. The minimum absolute atomic E-state index is 0.473. The van der Waals surface area contributed by atoms with Gasteiger partial charge in [0.25, 0.3) is 0 Å². The SMILES string of the molecule is O=S1CCOC(c2ccccc2)=C1c1cccc(Cl)c1. The lowest BCUT2D eigenvalue weighted by Crippen LogP contribution is -2.15. The topological polar surface area (TPSA) is 26.3 Å². The van der Waals surface area contributed by atoms with Crippen LogP contribution >= 0.6 is 11.6 Å². The monoisotopic (exact) mass is 304 g/mol. The second-order valence-electron chi connectivity index (χ2n) is 4.43. The van der Waals surface area contributed by atoms with Gasteiger partial charge in [0.1, 0.15) is 12.4 Å². The molecule has 0 N–H and O–H groups in total. The Morgan fingerprint density at radius 2 is 1.75 bits per heavy atom. The number of ether oxygens (including phenoxy) is 1. The van der Waals surface area contributed by atoms with Crippen molar-refractivity contribution in [2.75, 3.05) is 12.4 Å². The van der Waals surface area contributed by atoms with Crippen LogP contribution in [0.5, 0.6) is 0 Å². The number of hydrogen-bond donors (Lipinski definition) is 0. The average Bonchev–Trinajstić information content (AvgIpc) is 2.48. The fraction of sp³-hybridized carbons (Fsp3) is 0.125. The summed E-state index contributed by atoms with van der Waals surface area (Å²) in [6.07, 6.45) is 0. The Balaban J connectivity index is 2.19. The first-order valence-electron chi connectivity index (χ1n) is 6.32. The zero-order valence-electron chi connectivity index (χ0n) is 10.7. The van der Waals surface area contributed by atoms with Crippen molar-refractivity contribution >= 4 is 33.1 Å². The fourth-order valence-corrected chi connectivity index (χ4v) is 3.59. The van der Waals surface area contributed by atoms with Gasteiger partial charge in [-0.15, -0.1) is 0 Å². The smallest absolute Gasteiger partial charge is 0.143 e. The lowest BCUT2D eigenvalue weighted by Gasteiger charge is -2.21. The zero-order valence-corrected chi connectivity index (χ0v) is 12.3. The van der Waals surface area contributed by atoms with Crippen molar-refractivity contribution in [3.8, 4) is 0 Å². The van der Waals surface area contributed by atoms with Gasteiger partial charge in [0.15, 0.2) is 0 Å². The van der Waals surface area contributed by atoms with Crippen LogP contribution in [0.3, 0.4) is 0 Å². The molecule has 102 valence electrons. The molecule has 20 heavy (non-hydrogen) atoms. The molecule has 3 rings (SSSR count). The summed E-state index contributed by atoms with van der Waals surface area (Å²) >= 11 is 6.04. The number of benzene rings is 2. The summed E-state index contributed by atoms with van der Waals surface area (Å²) in [6, 6.07) is 17.2. The van der Waals surface area contributed by atoms with Crippen molar-refractivity contribution < 1.29 is 8.95 Å². The first-order valence-corrected chi connectivity index (χ1v) is 8.02. The van der Waals surface area contributed by atoms with E-state index in [1.807, 2.05) is 48.5 Å². The second-order valence-corrected chi connectivity index (χ2v) is 6.38. The van der Waals surface area contributed by atoms with E-state index in [4.69, 9.17) is 16.3 Å². The molecule has 1 heterocycles. The maximum Gasteiger partial charge on any atom is 0.143 e. The minimum Gasteiger partial charge on any atom is -0.491 e. The molecule has 0 aromatic heterocycles. The highest BCUT2D eigenvalue weighted by Crippen LogP contribution is 2.33. The maximum absolute atomic E-state index is 12.4. The predicted molar refractivity (Wildman–Crippen MR) is 83.7 cm³/mol. The molecule has 0 amide bonds. The largest absolute Gasteiger partial charge is 0.491 e. The van der Waals surface area contributed by atoms with Crippen LogP contribution in [-0.4, -0.2) is 16.6 Å². The molecule has 0 saturated carbocycles. The highest BCUT2D eigenvalue weighted by molar-refractivity contribution is 7.95. The number of rotatable bonds is 2. The molecule has 0 aliphatic carbocycles. The van der Waals surface area contributed by atoms with Crippen LogP contribution in [0.15, 0.2) is 54.6 Å². The molecule has 0 bridgehead atoms. The zero-order chi connectivity index (χ0) is 13.9. The first kappa shape index (κ1) is 13.4. The van der Waals surface area contributed by atoms with Crippen LogP contribution in [0.25, 0.3) is 10.7 Å². The normalized spacial score (nSPS) is 18.8. The molecule has 1 atom stereocenters. The lowest BCUT2D eigenvalue weighted by molar-refractivity contribution is 0.299. The molecule has 2 aromatic rings. The average molecular weight is 305 g/mol. The van der Waals surface area contributed by atoms with Crippen LogP contribution in [-0.2, 0) is 15.5 Å². The van der Waals surface area contributed by atoms with Crippen LogP contribution in [0, 0.1) is 0 Å². The van der Waals surface area contributed by atoms with Crippen molar-refractivity contribution in [1.29, 1.82) is 0 Å². The summed E-state index contributed by atoms with van der Waals surface area (Å²) in [5.41, 5.74) is 1.80. The molecular weight excluding hydrogens is 292 g/mol. The van der Waals surface area contributed by atoms with Crippen LogP contribution in [0.2, 0.25) is 5.02 Å². The standard InChI is InChI=1S/C16H13ClO2S/c17-14-8-4-7-13(11-14)16-15(19-9-10-20(16)18)12-5-2-1-3-6-12/h1-8,11H,9-10H2. The molecule has 2 aromatic carbocycles. The van der Waals surface area contributed by atoms with Crippen LogP contribution in [0.1, 0.15) is 11.1 Å². The number of hydrogen-bond acceptors (Lipinski definition) is 2. The molecule has 2 nitrogen and oxygen atoms in total. The summed E-state index contributed by atoms with van der Waals surface area (Å²) in [7, 11) is -1.07. The van der Waals surface area contributed by atoms with Crippen molar-refractivity contribution in [2.24, 2.45) is 0 Å². The molecule has 0 fully saturated rings. The fourth-order valence-electron chi connectivity index (χ4n) is 2.19. The van der Waals surface area contributed by atoms with Crippen LogP contribution < -0.4 is 0 Å². The Morgan fingerprint density at radius 1 is 1.00 bits per heavy atom. The van der Waals surface area contributed by atoms with Gasteiger partial charge in [0.2, 0.25) is 0 Å². The van der Waals surface area contributed by atoms with Gasteiger partial charge < -0.3 is 4.74 Å². The molecule has 1 aliphatic rings. The van der Waals surface area contributed by atoms with Gasteiger partial charge in [-0.2, -0.15) is 0 Å². The lowest BCUT2D eigenvalue weighted by atomic mass is 10.1. The summed E-state index contributed by atoms with van der Waals surface area (Å²) < 4.78 is 18.2. The molecule has 4 heteroatoms.